The number of benzene rings is 3. The Morgan fingerprint density at radius 2 is 1.63 bits per heavy atom. The van der Waals surface area contributed by atoms with Crippen LogP contribution in [0.15, 0.2) is 83.3 Å². The molecule has 38 heavy (non-hydrogen) atoms. The van der Waals surface area contributed by atoms with Gasteiger partial charge >= 0.3 is 12.1 Å². The lowest BCUT2D eigenvalue weighted by Gasteiger charge is -2.20. The maximum absolute atomic E-state index is 12.8. The number of carboxylic acids is 1. The monoisotopic (exact) mass is 514 g/mol. The standard InChI is InChI=1S/C30H30N2O6/c1-21-27(31-29(37-21)24-11-4-3-5-12-24)13-7-9-22-8-6-10-23(18-22)19-32(20-28(33)34)30(35)38-26-16-14-25(36-2)15-17-26/h3-6,8,10-12,14-18H,7,9,13,19-20H2,1-2H3,(H,33,34). The average molecular weight is 515 g/mol. The molecule has 1 aromatic heterocycles. The van der Waals surface area contributed by atoms with E-state index in [1.165, 1.54) is 0 Å². The predicted molar refractivity (Wildman–Crippen MR) is 142 cm³/mol. The van der Waals surface area contributed by atoms with E-state index in [0.717, 1.165) is 52.3 Å². The number of aryl methyl sites for hydroxylation is 3. The Morgan fingerprint density at radius 1 is 0.921 bits per heavy atom. The molecule has 0 aliphatic rings. The Hall–Kier alpha value is -4.59. The molecule has 8 heteroatoms. The number of aromatic nitrogens is 1. The number of methoxy groups -OCH3 is 1. The second-order valence-electron chi connectivity index (χ2n) is 8.85. The Labute approximate surface area is 221 Å². The van der Waals surface area contributed by atoms with E-state index in [9.17, 15) is 14.7 Å². The quantitative estimate of drug-likeness (QED) is 0.265. The zero-order chi connectivity index (χ0) is 26.9. The molecule has 0 saturated heterocycles. The molecule has 0 unspecified atom stereocenters. The minimum atomic E-state index is -1.12. The third-order valence-corrected chi connectivity index (χ3v) is 6.01. The van der Waals surface area contributed by atoms with Gasteiger partial charge in [0.05, 0.1) is 12.8 Å². The van der Waals surface area contributed by atoms with Gasteiger partial charge in [0.2, 0.25) is 5.89 Å². The van der Waals surface area contributed by atoms with Crippen LogP contribution in [0.2, 0.25) is 0 Å². The van der Waals surface area contributed by atoms with Crippen LogP contribution in [-0.4, -0.2) is 40.7 Å². The van der Waals surface area contributed by atoms with Crippen LogP contribution in [0.1, 0.15) is 29.0 Å². The number of carboxylic acid groups (broad SMARTS) is 1. The summed E-state index contributed by atoms with van der Waals surface area (Å²) in [5.74, 6) is 1.25. The molecule has 1 N–H and O–H groups in total. The van der Waals surface area contributed by atoms with E-state index in [0.29, 0.717) is 17.4 Å². The zero-order valence-corrected chi connectivity index (χ0v) is 21.4. The molecule has 0 radical (unpaired) electrons. The van der Waals surface area contributed by atoms with Crippen LogP contribution in [-0.2, 0) is 24.2 Å². The van der Waals surface area contributed by atoms with Crippen molar-refractivity contribution in [2.75, 3.05) is 13.7 Å². The molecule has 1 amide bonds. The first kappa shape index (κ1) is 26.5. The number of carbonyl (C=O) groups excluding carboxylic acids is 1. The van der Waals surface area contributed by atoms with Gasteiger partial charge in [-0.25, -0.2) is 9.78 Å². The van der Waals surface area contributed by atoms with E-state index < -0.39 is 18.6 Å². The smallest absolute Gasteiger partial charge is 0.416 e. The van der Waals surface area contributed by atoms with E-state index in [-0.39, 0.29) is 6.54 Å². The van der Waals surface area contributed by atoms with E-state index in [1.54, 1.807) is 31.4 Å². The van der Waals surface area contributed by atoms with E-state index in [4.69, 9.17) is 13.9 Å². The highest BCUT2D eigenvalue weighted by atomic mass is 16.6. The second-order valence-corrected chi connectivity index (χ2v) is 8.85. The molecule has 4 rings (SSSR count). The van der Waals surface area contributed by atoms with Crippen LogP contribution < -0.4 is 9.47 Å². The van der Waals surface area contributed by atoms with Crippen molar-refractivity contribution in [2.45, 2.75) is 32.7 Å². The Morgan fingerprint density at radius 3 is 2.34 bits per heavy atom. The normalized spacial score (nSPS) is 10.7. The third-order valence-electron chi connectivity index (χ3n) is 6.01. The van der Waals surface area contributed by atoms with Gasteiger partial charge in [-0.15, -0.1) is 0 Å². The number of aliphatic carboxylic acids is 1. The molecule has 1 heterocycles. The molecular formula is C30H30N2O6. The van der Waals surface area contributed by atoms with Crippen molar-refractivity contribution in [1.82, 2.24) is 9.88 Å². The highest BCUT2D eigenvalue weighted by Gasteiger charge is 2.20. The highest BCUT2D eigenvalue weighted by molar-refractivity contribution is 5.78. The summed E-state index contributed by atoms with van der Waals surface area (Å²) in [5.41, 5.74) is 3.80. The number of ether oxygens (including phenoxy) is 2. The predicted octanol–water partition coefficient (Wildman–Crippen LogP) is 5.92. The summed E-state index contributed by atoms with van der Waals surface area (Å²) in [4.78, 5) is 30.0. The summed E-state index contributed by atoms with van der Waals surface area (Å²) in [6.07, 6.45) is 1.70. The highest BCUT2D eigenvalue weighted by Crippen LogP contribution is 2.23. The lowest BCUT2D eigenvalue weighted by Crippen LogP contribution is -2.37. The molecule has 0 bridgehead atoms. The van der Waals surface area contributed by atoms with Crippen molar-refractivity contribution in [3.63, 3.8) is 0 Å². The Balaban J connectivity index is 1.36. The maximum Gasteiger partial charge on any atom is 0.416 e. The van der Waals surface area contributed by atoms with Crippen molar-refractivity contribution in [3.05, 3.63) is 101 Å². The lowest BCUT2D eigenvalue weighted by molar-refractivity contribution is -0.138. The second kappa shape index (κ2) is 12.6. The van der Waals surface area contributed by atoms with Crippen molar-refractivity contribution < 1.29 is 28.6 Å². The molecule has 196 valence electrons. The molecule has 0 fully saturated rings. The molecule has 0 aliphatic heterocycles. The van der Waals surface area contributed by atoms with Gasteiger partial charge in [-0.3, -0.25) is 9.69 Å². The third kappa shape index (κ3) is 7.22. The number of rotatable bonds is 11. The first-order valence-corrected chi connectivity index (χ1v) is 12.3. The first-order valence-electron chi connectivity index (χ1n) is 12.3. The van der Waals surface area contributed by atoms with Crippen molar-refractivity contribution >= 4 is 12.1 Å². The van der Waals surface area contributed by atoms with Crippen LogP contribution in [0.3, 0.4) is 0 Å². The molecule has 0 atom stereocenters. The number of carbonyl (C=O) groups is 2. The van der Waals surface area contributed by atoms with Gasteiger partial charge in [-0.2, -0.15) is 0 Å². The largest absolute Gasteiger partial charge is 0.497 e. The van der Waals surface area contributed by atoms with Crippen LogP contribution in [0.5, 0.6) is 11.5 Å². The van der Waals surface area contributed by atoms with Gasteiger partial charge in [0.15, 0.2) is 0 Å². The number of hydrogen-bond donors (Lipinski definition) is 1. The summed E-state index contributed by atoms with van der Waals surface area (Å²) >= 11 is 0. The molecule has 3 aromatic carbocycles. The van der Waals surface area contributed by atoms with Crippen LogP contribution in [0, 0.1) is 6.92 Å². The summed E-state index contributed by atoms with van der Waals surface area (Å²) in [6, 6.07) is 24.1. The molecule has 0 aliphatic carbocycles. The van der Waals surface area contributed by atoms with Crippen molar-refractivity contribution in [2.24, 2.45) is 0 Å². The van der Waals surface area contributed by atoms with E-state index in [2.05, 4.69) is 4.98 Å². The fraction of sp³-hybridized carbons (Fsp3) is 0.233. The van der Waals surface area contributed by atoms with E-state index in [1.807, 2.05) is 61.5 Å². The topological polar surface area (TPSA) is 102 Å². The summed E-state index contributed by atoms with van der Waals surface area (Å²) < 4.78 is 16.4. The van der Waals surface area contributed by atoms with Crippen molar-refractivity contribution in [3.8, 4) is 23.0 Å². The molecule has 4 aromatic rings. The maximum atomic E-state index is 12.8. The molecule has 0 spiro atoms. The Bertz CT molecular complexity index is 1370. The van der Waals surface area contributed by atoms with Crippen molar-refractivity contribution in [1.29, 1.82) is 0 Å². The van der Waals surface area contributed by atoms with Crippen LogP contribution >= 0.6 is 0 Å². The minimum absolute atomic E-state index is 0.109. The van der Waals surface area contributed by atoms with Crippen LogP contribution in [0.4, 0.5) is 4.79 Å². The average Bonchev–Trinajstić information content (AvgIpc) is 3.29. The SMILES string of the molecule is COc1ccc(OC(=O)N(CC(=O)O)Cc2cccc(CCCc3nc(-c4ccccc4)oc3C)c2)cc1. The number of amides is 1. The van der Waals surface area contributed by atoms with Gasteiger partial charge < -0.3 is 19.0 Å². The van der Waals surface area contributed by atoms with Gasteiger partial charge in [0.25, 0.3) is 0 Å². The van der Waals surface area contributed by atoms with Gasteiger partial charge in [-0.1, -0.05) is 42.5 Å². The first-order chi connectivity index (χ1) is 18.4. The number of hydrogen-bond acceptors (Lipinski definition) is 6. The van der Waals surface area contributed by atoms with Gasteiger partial charge in [0.1, 0.15) is 23.8 Å². The zero-order valence-electron chi connectivity index (χ0n) is 21.4. The van der Waals surface area contributed by atoms with Crippen LogP contribution in [0.25, 0.3) is 11.5 Å². The minimum Gasteiger partial charge on any atom is -0.497 e. The summed E-state index contributed by atoms with van der Waals surface area (Å²) in [5, 5.41) is 9.34. The van der Waals surface area contributed by atoms with E-state index >= 15 is 0 Å². The Kier molecular flexibility index (Phi) is 8.77. The lowest BCUT2D eigenvalue weighted by atomic mass is 10.0. The fourth-order valence-corrected chi connectivity index (χ4v) is 4.09. The summed E-state index contributed by atoms with van der Waals surface area (Å²) in [7, 11) is 1.54. The number of oxazole rings is 1. The van der Waals surface area contributed by atoms with Gasteiger partial charge in [0, 0.05) is 12.1 Å². The number of nitrogens with zero attached hydrogens (tertiary/aromatic N) is 2. The molecule has 8 nitrogen and oxygen atoms in total. The molecular weight excluding hydrogens is 484 g/mol. The summed E-state index contributed by atoms with van der Waals surface area (Å²) in [6.45, 7) is 1.56. The molecule has 0 saturated carbocycles. The van der Waals surface area contributed by atoms with Gasteiger partial charge in [-0.05, 0) is 73.7 Å². The fourth-order valence-electron chi connectivity index (χ4n) is 4.09.